The number of benzene rings is 2. The Labute approximate surface area is 194 Å². The van der Waals surface area contributed by atoms with Gasteiger partial charge in [-0.3, -0.25) is 4.79 Å². The molecule has 0 aliphatic carbocycles. The lowest BCUT2D eigenvalue weighted by Gasteiger charge is -2.45. The minimum Gasteiger partial charge on any atom is -0.489 e. The van der Waals surface area contributed by atoms with Crippen LogP contribution in [0.15, 0.2) is 36.7 Å². The summed E-state index contributed by atoms with van der Waals surface area (Å²) in [7, 11) is 0. The van der Waals surface area contributed by atoms with E-state index in [0.717, 1.165) is 11.8 Å². The lowest BCUT2D eigenvalue weighted by molar-refractivity contribution is -0.129. The van der Waals surface area contributed by atoms with Gasteiger partial charge in [-0.2, -0.15) is 0 Å². The van der Waals surface area contributed by atoms with Crippen LogP contribution in [0.5, 0.6) is 5.75 Å². The van der Waals surface area contributed by atoms with E-state index in [4.69, 9.17) is 4.74 Å². The van der Waals surface area contributed by atoms with Gasteiger partial charge in [0.15, 0.2) is 0 Å². The fourth-order valence-electron chi connectivity index (χ4n) is 4.67. The molecule has 1 N–H and O–H groups in total. The van der Waals surface area contributed by atoms with Gasteiger partial charge in [0.1, 0.15) is 30.3 Å². The van der Waals surface area contributed by atoms with Crippen LogP contribution in [0.4, 0.5) is 24.7 Å². The monoisotopic (exact) mass is 471 g/mol. The first-order valence-electron chi connectivity index (χ1n) is 11.1. The summed E-state index contributed by atoms with van der Waals surface area (Å²) in [4.78, 5) is 24.5. The molecule has 34 heavy (non-hydrogen) atoms. The van der Waals surface area contributed by atoms with Crippen molar-refractivity contribution in [1.29, 1.82) is 0 Å². The molecular weight excluding hydrogens is 447 g/mol. The van der Waals surface area contributed by atoms with E-state index in [1.54, 1.807) is 13.8 Å². The van der Waals surface area contributed by atoms with E-state index >= 15 is 0 Å². The van der Waals surface area contributed by atoms with Gasteiger partial charge >= 0.3 is 0 Å². The average Bonchev–Trinajstić information content (AvgIpc) is 2.82. The Morgan fingerprint density at radius 3 is 2.76 bits per heavy atom. The van der Waals surface area contributed by atoms with E-state index in [9.17, 15) is 18.0 Å². The molecule has 178 valence electrons. The first-order valence-corrected chi connectivity index (χ1v) is 11.1. The molecule has 2 aliphatic rings. The lowest BCUT2D eigenvalue weighted by atomic mass is 10.0. The third-order valence-electron chi connectivity index (χ3n) is 6.50. The number of fused-ring (bicyclic) bond motifs is 4. The second kappa shape index (κ2) is 8.66. The largest absolute Gasteiger partial charge is 0.489 e. The fraction of sp³-hybridized carbons (Fsp3) is 0.375. The van der Waals surface area contributed by atoms with Crippen molar-refractivity contribution >= 4 is 28.3 Å². The first-order chi connectivity index (χ1) is 16.3. The second-order valence-electron chi connectivity index (χ2n) is 8.60. The average molecular weight is 471 g/mol. The normalized spacial score (nSPS) is 18.4. The molecular formula is C24H24F3N5O2. The standard InChI is InChI=1S/C24H24F3N5O2/c1-13(16-4-3-5-17(22(16)25)23(26)27)30-24-18-8-20-21(9-19(18)28-12-29-24)34-11-15-10-31(14(2)33)6-7-32(15)20/h3-5,8-9,12-13,15,23H,6-7,10-11H2,1-2H3,(H,28,29,30)/t13-,15-/m1/s1. The zero-order valence-electron chi connectivity index (χ0n) is 18.8. The quantitative estimate of drug-likeness (QED) is 0.612. The highest BCUT2D eigenvalue weighted by Gasteiger charge is 2.34. The third-order valence-corrected chi connectivity index (χ3v) is 6.50. The number of carbonyl (C=O) groups excluding carboxylic acids is 1. The van der Waals surface area contributed by atoms with Gasteiger partial charge in [-0.1, -0.05) is 18.2 Å². The summed E-state index contributed by atoms with van der Waals surface area (Å²) in [6.07, 6.45) is -1.50. The maximum absolute atomic E-state index is 14.7. The smallest absolute Gasteiger partial charge is 0.266 e. The Hall–Kier alpha value is -3.56. The van der Waals surface area contributed by atoms with Crippen molar-refractivity contribution < 1.29 is 22.7 Å². The summed E-state index contributed by atoms with van der Waals surface area (Å²) < 4.78 is 47.0. The highest BCUT2D eigenvalue weighted by atomic mass is 19.3. The zero-order valence-corrected chi connectivity index (χ0v) is 18.8. The van der Waals surface area contributed by atoms with Crippen molar-refractivity contribution in [3.63, 3.8) is 0 Å². The summed E-state index contributed by atoms with van der Waals surface area (Å²) >= 11 is 0. The Kier molecular flexibility index (Phi) is 5.66. The van der Waals surface area contributed by atoms with Gasteiger partial charge in [0.2, 0.25) is 5.91 Å². The van der Waals surface area contributed by atoms with Crippen molar-refractivity contribution in [2.45, 2.75) is 32.4 Å². The maximum Gasteiger partial charge on any atom is 0.266 e. The van der Waals surface area contributed by atoms with Crippen molar-refractivity contribution in [3.8, 4) is 5.75 Å². The molecule has 0 spiro atoms. The van der Waals surface area contributed by atoms with Crippen LogP contribution in [0.1, 0.15) is 37.4 Å². The number of nitrogens with one attached hydrogen (secondary N) is 1. The predicted octanol–water partition coefficient (Wildman–Crippen LogP) is 4.31. The number of anilines is 2. The first kappa shape index (κ1) is 22.2. The van der Waals surface area contributed by atoms with E-state index in [-0.39, 0.29) is 17.5 Å². The summed E-state index contributed by atoms with van der Waals surface area (Å²) in [5.41, 5.74) is 1.03. The molecule has 2 atom stereocenters. The van der Waals surface area contributed by atoms with Crippen LogP contribution in [-0.2, 0) is 4.79 Å². The Bertz CT molecular complexity index is 1250. The minimum atomic E-state index is -2.89. The van der Waals surface area contributed by atoms with Crippen LogP contribution in [0.2, 0.25) is 0 Å². The van der Waals surface area contributed by atoms with Gasteiger partial charge in [-0.05, 0) is 13.0 Å². The van der Waals surface area contributed by atoms with Crippen molar-refractivity contribution in [2.24, 2.45) is 0 Å². The number of halogens is 3. The number of rotatable bonds is 4. The summed E-state index contributed by atoms with van der Waals surface area (Å²) in [5, 5.41) is 3.87. The number of piperazine rings is 1. The highest BCUT2D eigenvalue weighted by molar-refractivity contribution is 5.94. The van der Waals surface area contributed by atoms with E-state index in [1.807, 2.05) is 17.0 Å². The number of amides is 1. The predicted molar refractivity (Wildman–Crippen MR) is 122 cm³/mol. The molecule has 1 saturated heterocycles. The minimum absolute atomic E-state index is 0.0359. The molecule has 1 amide bonds. The fourth-order valence-corrected chi connectivity index (χ4v) is 4.67. The maximum atomic E-state index is 14.7. The van der Waals surface area contributed by atoms with Crippen LogP contribution >= 0.6 is 0 Å². The molecule has 2 aliphatic heterocycles. The third kappa shape index (κ3) is 3.86. The van der Waals surface area contributed by atoms with E-state index < -0.39 is 23.8 Å². The molecule has 3 heterocycles. The zero-order chi connectivity index (χ0) is 24.0. The number of ether oxygens (including phenoxy) is 1. The van der Waals surface area contributed by atoms with Crippen LogP contribution in [0.25, 0.3) is 10.9 Å². The van der Waals surface area contributed by atoms with Crippen molar-refractivity contribution in [3.05, 3.63) is 53.6 Å². The second-order valence-corrected chi connectivity index (χ2v) is 8.60. The van der Waals surface area contributed by atoms with Crippen LogP contribution in [0, 0.1) is 5.82 Å². The lowest BCUT2D eigenvalue weighted by Crippen LogP contribution is -2.58. The van der Waals surface area contributed by atoms with Gasteiger partial charge in [0.05, 0.1) is 28.9 Å². The van der Waals surface area contributed by atoms with Crippen LogP contribution in [-0.4, -0.2) is 53.1 Å². The SMILES string of the molecule is CC(=O)N1CCN2c3cc4c(N[C@H](C)c5cccc(C(F)F)c5F)ncnc4cc3OC[C@H]2C1. The number of nitrogens with zero attached hydrogens (tertiary/aromatic N) is 4. The van der Waals surface area contributed by atoms with Gasteiger partial charge in [0, 0.05) is 43.6 Å². The molecule has 10 heteroatoms. The van der Waals surface area contributed by atoms with Crippen molar-refractivity contribution in [2.75, 3.05) is 36.5 Å². The number of hydrogen-bond acceptors (Lipinski definition) is 6. The summed E-state index contributed by atoms with van der Waals surface area (Å²) in [6.45, 7) is 5.60. The molecule has 0 radical (unpaired) electrons. The molecule has 2 aromatic carbocycles. The van der Waals surface area contributed by atoms with Crippen molar-refractivity contribution in [1.82, 2.24) is 14.9 Å². The van der Waals surface area contributed by atoms with Gasteiger partial charge < -0.3 is 19.9 Å². The van der Waals surface area contributed by atoms with Gasteiger partial charge in [-0.15, -0.1) is 0 Å². The van der Waals surface area contributed by atoms with Crippen LogP contribution < -0.4 is 15.0 Å². The molecule has 0 saturated carbocycles. The Morgan fingerprint density at radius 2 is 2.00 bits per heavy atom. The van der Waals surface area contributed by atoms with Gasteiger partial charge in [0.25, 0.3) is 6.43 Å². The van der Waals surface area contributed by atoms with E-state index in [2.05, 4.69) is 20.2 Å². The molecule has 0 bridgehead atoms. The van der Waals surface area contributed by atoms with E-state index in [1.165, 1.54) is 18.5 Å². The molecule has 0 unspecified atom stereocenters. The topological polar surface area (TPSA) is 70.6 Å². The number of carbonyl (C=O) groups is 1. The molecule has 1 fully saturated rings. The molecule has 1 aromatic heterocycles. The number of hydrogen-bond donors (Lipinski definition) is 1. The summed E-state index contributed by atoms with van der Waals surface area (Å²) in [6, 6.07) is 7.19. The number of aromatic nitrogens is 2. The highest BCUT2D eigenvalue weighted by Crippen LogP contribution is 2.40. The van der Waals surface area contributed by atoms with Gasteiger partial charge in [-0.25, -0.2) is 23.1 Å². The molecule has 3 aromatic rings. The Morgan fingerprint density at radius 1 is 1.21 bits per heavy atom. The van der Waals surface area contributed by atoms with E-state index in [0.29, 0.717) is 48.7 Å². The van der Waals surface area contributed by atoms with Crippen LogP contribution in [0.3, 0.4) is 0 Å². The summed E-state index contributed by atoms with van der Waals surface area (Å²) in [5.74, 6) is 0.286. The number of alkyl halides is 2. The molecule has 7 nitrogen and oxygen atoms in total. The Balaban J connectivity index is 1.48. The molecule has 5 rings (SSSR count).